The lowest BCUT2D eigenvalue weighted by Gasteiger charge is -2.33. The average Bonchev–Trinajstić information content (AvgIpc) is 3.39. The molecule has 1 N–H and O–H groups in total. The quantitative estimate of drug-likeness (QED) is 0.237. The normalized spacial score (nSPS) is 14.9. The number of aryl methyl sites for hydroxylation is 1. The highest BCUT2D eigenvalue weighted by Crippen LogP contribution is 2.30. The molecule has 6 heteroatoms. The third-order valence-corrected chi connectivity index (χ3v) is 7.92. The monoisotopic (exact) mass is 526 g/mol. The Morgan fingerprint density at radius 2 is 1.77 bits per heavy atom. The molecular formula is C33H39FN4O. The van der Waals surface area contributed by atoms with Crippen molar-refractivity contribution in [1.29, 1.82) is 0 Å². The summed E-state index contributed by atoms with van der Waals surface area (Å²) >= 11 is 0. The van der Waals surface area contributed by atoms with E-state index >= 15 is 0 Å². The smallest absolute Gasteiger partial charge is 0.254 e. The van der Waals surface area contributed by atoms with Crippen LogP contribution in [0.3, 0.4) is 0 Å². The second kappa shape index (κ2) is 12.6. The summed E-state index contributed by atoms with van der Waals surface area (Å²) in [6, 6.07) is 20.7. The van der Waals surface area contributed by atoms with Crippen molar-refractivity contribution in [3.63, 3.8) is 0 Å². The predicted molar refractivity (Wildman–Crippen MR) is 155 cm³/mol. The number of fused-ring (bicyclic) bond motifs is 1. The maximum Gasteiger partial charge on any atom is 0.254 e. The molecule has 2 heterocycles. The van der Waals surface area contributed by atoms with Crippen molar-refractivity contribution in [3.8, 4) is 0 Å². The minimum Gasteiger partial charge on any atom is -0.340 e. The standard InChI is InChI=1S/C33H39FN4O/c1-3-4-20-38(33(39)28-22-27(34)17-16-24(28)2)31(32-35-29-14-8-9-15-30(29)36-32)21-25-12-6-7-13-26(25)23-37-18-10-5-11-19-37/h6-9,12-17,22,31H,3-5,10-11,18-21,23H2,1-2H3,(H,35,36). The first-order valence-electron chi connectivity index (χ1n) is 14.3. The van der Waals surface area contributed by atoms with Crippen LogP contribution in [0.5, 0.6) is 0 Å². The number of hydrogen-bond donors (Lipinski definition) is 1. The van der Waals surface area contributed by atoms with Crippen LogP contribution in [-0.2, 0) is 13.0 Å². The highest BCUT2D eigenvalue weighted by Gasteiger charge is 2.30. The van der Waals surface area contributed by atoms with Gasteiger partial charge < -0.3 is 9.88 Å². The summed E-state index contributed by atoms with van der Waals surface area (Å²) in [5.41, 5.74) is 5.53. The molecule has 5 nitrogen and oxygen atoms in total. The van der Waals surface area contributed by atoms with Gasteiger partial charge in [-0.25, -0.2) is 9.37 Å². The highest BCUT2D eigenvalue weighted by molar-refractivity contribution is 5.96. The number of amides is 1. The molecule has 0 bridgehead atoms. The number of hydrogen-bond acceptors (Lipinski definition) is 3. The molecule has 1 saturated heterocycles. The molecule has 1 fully saturated rings. The van der Waals surface area contributed by atoms with Gasteiger partial charge in [0.05, 0.1) is 17.1 Å². The highest BCUT2D eigenvalue weighted by atomic mass is 19.1. The molecule has 1 unspecified atom stereocenters. The lowest BCUT2D eigenvalue weighted by atomic mass is 9.96. The number of aromatic amines is 1. The largest absolute Gasteiger partial charge is 0.340 e. The van der Waals surface area contributed by atoms with Gasteiger partial charge in [0.15, 0.2) is 0 Å². The molecule has 0 spiro atoms. The van der Waals surface area contributed by atoms with Gasteiger partial charge in [0.25, 0.3) is 5.91 Å². The fourth-order valence-corrected chi connectivity index (χ4v) is 5.67. The number of imidazole rings is 1. The number of aromatic nitrogens is 2. The van der Waals surface area contributed by atoms with Crippen LogP contribution in [-0.4, -0.2) is 45.3 Å². The fourth-order valence-electron chi connectivity index (χ4n) is 5.67. The number of unbranched alkanes of at least 4 members (excludes halogenated alkanes) is 1. The third-order valence-electron chi connectivity index (χ3n) is 7.92. The maximum atomic E-state index is 14.3. The first kappa shape index (κ1) is 27.1. The van der Waals surface area contributed by atoms with E-state index in [1.807, 2.05) is 36.1 Å². The van der Waals surface area contributed by atoms with Gasteiger partial charge in [-0.3, -0.25) is 9.69 Å². The Kier molecular flexibility index (Phi) is 8.72. The third kappa shape index (κ3) is 6.39. The molecule has 204 valence electrons. The van der Waals surface area contributed by atoms with Gasteiger partial charge in [0.2, 0.25) is 0 Å². The molecule has 5 rings (SSSR count). The number of H-pyrrole nitrogens is 1. The Morgan fingerprint density at radius 1 is 1.03 bits per heavy atom. The molecule has 1 aliphatic heterocycles. The summed E-state index contributed by atoms with van der Waals surface area (Å²) in [7, 11) is 0. The van der Waals surface area contributed by atoms with Crippen LogP contribution in [0, 0.1) is 12.7 Å². The molecular weight excluding hydrogens is 487 g/mol. The number of nitrogens with one attached hydrogen (secondary N) is 1. The number of carbonyl (C=O) groups excluding carboxylic acids is 1. The van der Waals surface area contributed by atoms with Crippen molar-refractivity contribution < 1.29 is 9.18 Å². The van der Waals surface area contributed by atoms with E-state index in [-0.39, 0.29) is 11.9 Å². The molecule has 1 atom stereocenters. The molecule has 4 aromatic rings. The number of halogens is 1. The Bertz CT molecular complexity index is 1370. The van der Waals surface area contributed by atoms with Crippen LogP contribution in [0.1, 0.15) is 77.9 Å². The van der Waals surface area contributed by atoms with Crippen molar-refractivity contribution >= 4 is 16.9 Å². The first-order valence-corrected chi connectivity index (χ1v) is 14.3. The topological polar surface area (TPSA) is 52.2 Å². The van der Waals surface area contributed by atoms with Crippen LogP contribution >= 0.6 is 0 Å². The summed E-state index contributed by atoms with van der Waals surface area (Å²) in [6.07, 6.45) is 6.23. The zero-order valence-electron chi connectivity index (χ0n) is 23.1. The van der Waals surface area contributed by atoms with Gasteiger partial charge in [-0.05, 0) is 80.2 Å². The van der Waals surface area contributed by atoms with E-state index < -0.39 is 5.82 Å². The lowest BCUT2D eigenvalue weighted by Crippen LogP contribution is -2.38. The van der Waals surface area contributed by atoms with Crippen LogP contribution < -0.4 is 0 Å². The Hall–Kier alpha value is -3.51. The second-order valence-electron chi connectivity index (χ2n) is 10.8. The van der Waals surface area contributed by atoms with Crippen LogP contribution in [0.4, 0.5) is 4.39 Å². The van der Waals surface area contributed by atoms with E-state index in [9.17, 15) is 9.18 Å². The summed E-state index contributed by atoms with van der Waals surface area (Å²) < 4.78 is 14.3. The minimum absolute atomic E-state index is 0.153. The summed E-state index contributed by atoms with van der Waals surface area (Å²) in [5.74, 6) is 0.216. The van der Waals surface area contributed by atoms with Crippen molar-refractivity contribution in [3.05, 3.63) is 101 Å². The summed E-state index contributed by atoms with van der Waals surface area (Å²) in [5, 5.41) is 0. The average molecular weight is 527 g/mol. The van der Waals surface area contributed by atoms with E-state index in [1.54, 1.807) is 6.07 Å². The van der Waals surface area contributed by atoms with Gasteiger partial charge >= 0.3 is 0 Å². The van der Waals surface area contributed by atoms with Gasteiger partial charge in [-0.15, -0.1) is 0 Å². The SMILES string of the molecule is CCCCN(C(=O)c1cc(F)ccc1C)C(Cc1ccccc1CN1CCCCC1)c1nc2ccccc2[nH]1. The molecule has 0 radical (unpaired) electrons. The van der Waals surface area contributed by atoms with Crippen molar-refractivity contribution in [2.75, 3.05) is 19.6 Å². The van der Waals surface area contributed by atoms with E-state index in [1.165, 1.54) is 42.5 Å². The van der Waals surface area contributed by atoms with Gasteiger partial charge in [0, 0.05) is 25.1 Å². The Balaban J connectivity index is 1.56. The summed E-state index contributed by atoms with van der Waals surface area (Å²) in [4.78, 5) is 27.1. The summed E-state index contributed by atoms with van der Waals surface area (Å²) in [6.45, 7) is 7.73. The Labute approximate surface area is 231 Å². The van der Waals surface area contributed by atoms with Crippen LogP contribution in [0.2, 0.25) is 0 Å². The van der Waals surface area contributed by atoms with E-state index in [0.717, 1.165) is 54.9 Å². The number of rotatable bonds is 10. The maximum absolute atomic E-state index is 14.3. The molecule has 1 aromatic heterocycles. The number of piperidine rings is 1. The van der Waals surface area contributed by atoms with Gasteiger partial charge in [0.1, 0.15) is 11.6 Å². The van der Waals surface area contributed by atoms with Crippen LogP contribution in [0.15, 0.2) is 66.7 Å². The predicted octanol–water partition coefficient (Wildman–Crippen LogP) is 7.22. The lowest BCUT2D eigenvalue weighted by molar-refractivity contribution is 0.0662. The fraction of sp³-hybridized carbons (Fsp3) is 0.394. The molecule has 1 aliphatic rings. The first-order chi connectivity index (χ1) is 19.0. The molecule has 3 aromatic carbocycles. The molecule has 0 saturated carbocycles. The number of likely N-dealkylation sites (tertiary alicyclic amines) is 1. The zero-order valence-corrected chi connectivity index (χ0v) is 23.1. The van der Waals surface area contributed by atoms with Crippen molar-refractivity contribution in [2.24, 2.45) is 0 Å². The second-order valence-corrected chi connectivity index (χ2v) is 10.8. The van der Waals surface area contributed by atoms with Crippen molar-refractivity contribution in [1.82, 2.24) is 19.8 Å². The van der Waals surface area contributed by atoms with E-state index in [4.69, 9.17) is 4.98 Å². The number of para-hydroxylation sites is 2. The van der Waals surface area contributed by atoms with E-state index in [0.29, 0.717) is 18.5 Å². The number of carbonyl (C=O) groups is 1. The van der Waals surface area contributed by atoms with E-state index in [2.05, 4.69) is 41.1 Å². The Morgan fingerprint density at radius 3 is 2.54 bits per heavy atom. The zero-order chi connectivity index (χ0) is 27.2. The van der Waals surface area contributed by atoms with Gasteiger partial charge in [-0.1, -0.05) is 62.2 Å². The number of benzene rings is 3. The molecule has 39 heavy (non-hydrogen) atoms. The molecule has 1 amide bonds. The molecule has 0 aliphatic carbocycles. The van der Waals surface area contributed by atoms with Gasteiger partial charge in [-0.2, -0.15) is 0 Å². The van der Waals surface area contributed by atoms with Crippen LogP contribution in [0.25, 0.3) is 11.0 Å². The number of nitrogens with zero attached hydrogens (tertiary/aromatic N) is 3. The minimum atomic E-state index is -0.397. The van der Waals surface area contributed by atoms with Crippen molar-refractivity contribution in [2.45, 2.75) is 65.0 Å².